The van der Waals surface area contributed by atoms with Gasteiger partial charge in [0.15, 0.2) is 0 Å². The first-order valence-corrected chi connectivity index (χ1v) is 8.12. The molecule has 1 saturated heterocycles. The molecule has 2 aromatic rings. The molecular formula is C15H21N3O2S. The molecule has 0 amide bonds. The van der Waals surface area contributed by atoms with E-state index < -0.39 is 0 Å². The first-order valence-electron chi connectivity index (χ1n) is 7.24. The van der Waals surface area contributed by atoms with Gasteiger partial charge in [-0.2, -0.15) is 0 Å². The van der Waals surface area contributed by atoms with Crippen LogP contribution in [0.1, 0.15) is 39.6 Å². The summed E-state index contributed by atoms with van der Waals surface area (Å²) in [6, 6.07) is 4.07. The second-order valence-electron chi connectivity index (χ2n) is 6.22. The van der Waals surface area contributed by atoms with Gasteiger partial charge in [-0.25, -0.2) is 0 Å². The molecular weight excluding hydrogens is 286 g/mol. The van der Waals surface area contributed by atoms with Gasteiger partial charge in [-0.3, -0.25) is 4.90 Å². The molecule has 1 aliphatic heterocycles. The first kappa shape index (κ1) is 14.7. The van der Waals surface area contributed by atoms with Gasteiger partial charge in [0, 0.05) is 13.1 Å². The number of nitrogens with zero attached hydrogens (tertiary/aromatic N) is 3. The fraction of sp³-hybridized carbons (Fsp3) is 0.600. The van der Waals surface area contributed by atoms with Crippen molar-refractivity contribution in [2.45, 2.75) is 45.4 Å². The van der Waals surface area contributed by atoms with Crippen molar-refractivity contribution >= 4 is 11.3 Å². The maximum Gasteiger partial charge on any atom is 0.257 e. The molecule has 0 spiro atoms. The van der Waals surface area contributed by atoms with Gasteiger partial charge in [0.05, 0.1) is 22.6 Å². The number of aromatic nitrogens is 2. The molecule has 1 fully saturated rings. The van der Waals surface area contributed by atoms with Crippen molar-refractivity contribution in [3.63, 3.8) is 0 Å². The summed E-state index contributed by atoms with van der Waals surface area (Å²) in [5.41, 5.74) is -0.150. The number of hydrogen-bond donors (Lipinski definition) is 0. The summed E-state index contributed by atoms with van der Waals surface area (Å²) in [7, 11) is 0. The molecule has 0 aromatic carbocycles. The van der Waals surface area contributed by atoms with Crippen molar-refractivity contribution in [3.05, 3.63) is 23.4 Å². The van der Waals surface area contributed by atoms with Crippen LogP contribution in [0, 0.1) is 0 Å². The van der Waals surface area contributed by atoms with E-state index in [1.165, 1.54) is 0 Å². The Bertz CT molecular complexity index is 594. The zero-order valence-electron chi connectivity index (χ0n) is 12.9. The van der Waals surface area contributed by atoms with E-state index in [-0.39, 0.29) is 17.7 Å². The lowest BCUT2D eigenvalue weighted by Crippen LogP contribution is -2.52. The maximum absolute atomic E-state index is 5.95. The van der Waals surface area contributed by atoms with Crippen LogP contribution in [0.5, 0.6) is 0 Å². The van der Waals surface area contributed by atoms with Gasteiger partial charge < -0.3 is 9.15 Å². The number of morpholine rings is 1. The van der Waals surface area contributed by atoms with E-state index in [0.717, 1.165) is 18.0 Å². The Hall–Kier alpha value is -1.24. The second-order valence-corrected chi connectivity index (χ2v) is 7.16. The summed E-state index contributed by atoms with van der Waals surface area (Å²) < 4.78 is 11.8. The normalized spacial score (nSPS) is 24.1. The minimum Gasteiger partial charge on any atom is -0.418 e. The number of ether oxygens (including phenoxy) is 1. The number of rotatable bonds is 3. The van der Waals surface area contributed by atoms with Crippen LogP contribution in [-0.4, -0.2) is 39.9 Å². The molecule has 0 radical (unpaired) electrons. The van der Waals surface area contributed by atoms with Crippen LogP contribution in [0.25, 0.3) is 10.8 Å². The highest BCUT2D eigenvalue weighted by Gasteiger charge is 2.35. The van der Waals surface area contributed by atoms with E-state index in [9.17, 15) is 0 Å². The van der Waals surface area contributed by atoms with Gasteiger partial charge >= 0.3 is 0 Å². The fourth-order valence-corrected chi connectivity index (χ4v) is 3.50. The topological polar surface area (TPSA) is 51.4 Å². The van der Waals surface area contributed by atoms with Crippen molar-refractivity contribution in [2.24, 2.45) is 0 Å². The van der Waals surface area contributed by atoms with Gasteiger partial charge in [0.2, 0.25) is 5.89 Å². The van der Waals surface area contributed by atoms with Crippen molar-refractivity contribution in [1.82, 2.24) is 15.1 Å². The molecule has 6 heteroatoms. The molecule has 0 saturated carbocycles. The van der Waals surface area contributed by atoms with Crippen molar-refractivity contribution in [1.29, 1.82) is 0 Å². The van der Waals surface area contributed by atoms with E-state index in [1.807, 2.05) is 17.5 Å². The van der Waals surface area contributed by atoms with Crippen LogP contribution in [0.4, 0.5) is 0 Å². The molecule has 1 aliphatic rings. The lowest BCUT2D eigenvalue weighted by Gasteiger charge is -2.43. The predicted molar refractivity (Wildman–Crippen MR) is 82.2 cm³/mol. The van der Waals surface area contributed by atoms with Crippen molar-refractivity contribution in [3.8, 4) is 10.8 Å². The third-order valence-electron chi connectivity index (χ3n) is 3.67. The minimum atomic E-state index is -0.150. The summed E-state index contributed by atoms with van der Waals surface area (Å²) in [6.07, 6.45) is 0.205. The van der Waals surface area contributed by atoms with E-state index in [2.05, 4.69) is 42.8 Å². The molecule has 0 aliphatic carbocycles. The first-order chi connectivity index (χ1) is 9.94. The zero-order chi connectivity index (χ0) is 15.0. The molecule has 2 atom stereocenters. The molecule has 2 aromatic heterocycles. The van der Waals surface area contributed by atoms with E-state index >= 15 is 0 Å². The summed E-state index contributed by atoms with van der Waals surface area (Å²) in [5.74, 6) is 1.27. The van der Waals surface area contributed by atoms with Crippen LogP contribution in [0.15, 0.2) is 21.9 Å². The molecule has 3 rings (SSSR count). The molecule has 21 heavy (non-hydrogen) atoms. The summed E-state index contributed by atoms with van der Waals surface area (Å²) in [5, 5.41) is 10.4. The zero-order valence-corrected chi connectivity index (χ0v) is 13.7. The third-order valence-corrected chi connectivity index (χ3v) is 4.53. The van der Waals surface area contributed by atoms with E-state index in [1.54, 1.807) is 11.3 Å². The predicted octanol–water partition coefficient (Wildman–Crippen LogP) is 3.36. The minimum absolute atomic E-state index is 0.0943. The SMILES string of the molecule is C[C@@H]1CN([C@H](C)c2nnc(-c3cccs3)o2)CC(C)(C)O1. The fourth-order valence-electron chi connectivity index (χ4n) is 2.86. The number of thiophene rings is 1. The molecule has 0 unspecified atom stereocenters. The monoisotopic (exact) mass is 307 g/mol. The van der Waals surface area contributed by atoms with Gasteiger partial charge in [0.1, 0.15) is 0 Å². The smallest absolute Gasteiger partial charge is 0.257 e. The maximum atomic E-state index is 5.95. The van der Waals surface area contributed by atoms with Crippen LogP contribution in [-0.2, 0) is 4.74 Å². The quantitative estimate of drug-likeness (QED) is 0.870. The summed E-state index contributed by atoms with van der Waals surface area (Å²) in [6.45, 7) is 10.2. The van der Waals surface area contributed by atoms with Gasteiger partial charge in [0.25, 0.3) is 5.89 Å². The highest BCUT2D eigenvalue weighted by atomic mass is 32.1. The summed E-state index contributed by atoms with van der Waals surface area (Å²) >= 11 is 1.61. The lowest BCUT2D eigenvalue weighted by atomic mass is 10.0. The van der Waals surface area contributed by atoms with Crippen LogP contribution in [0.2, 0.25) is 0 Å². The Kier molecular flexibility index (Phi) is 3.86. The molecule has 3 heterocycles. The Morgan fingerprint density at radius 3 is 2.90 bits per heavy atom. The highest BCUT2D eigenvalue weighted by molar-refractivity contribution is 7.13. The van der Waals surface area contributed by atoms with E-state index in [4.69, 9.17) is 9.15 Å². The third kappa shape index (κ3) is 3.17. The van der Waals surface area contributed by atoms with Crippen molar-refractivity contribution in [2.75, 3.05) is 13.1 Å². The average molecular weight is 307 g/mol. The van der Waals surface area contributed by atoms with Gasteiger partial charge in [-0.1, -0.05) is 6.07 Å². The Morgan fingerprint density at radius 2 is 2.24 bits per heavy atom. The average Bonchev–Trinajstić information content (AvgIpc) is 3.06. The molecule has 5 nitrogen and oxygen atoms in total. The lowest BCUT2D eigenvalue weighted by molar-refractivity contribution is -0.138. The molecule has 0 N–H and O–H groups in total. The Labute approximate surface area is 128 Å². The highest BCUT2D eigenvalue weighted by Crippen LogP contribution is 2.30. The van der Waals surface area contributed by atoms with Crippen LogP contribution >= 0.6 is 11.3 Å². The van der Waals surface area contributed by atoms with Crippen LogP contribution < -0.4 is 0 Å². The van der Waals surface area contributed by atoms with Crippen molar-refractivity contribution < 1.29 is 9.15 Å². The summed E-state index contributed by atoms with van der Waals surface area (Å²) in [4.78, 5) is 3.36. The molecule has 114 valence electrons. The second kappa shape index (κ2) is 5.51. The molecule has 0 bridgehead atoms. The number of hydrogen-bond acceptors (Lipinski definition) is 6. The Morgan fingerprint density at radius 1 is 1.43 bits per heavy atom. The Balaban J connectivity index is 1.77. The largest absolute Gasteiger partial charge is 0.418 e. The standard InChI is InChI=1S/C15H21N3O2S/c1-10-8-18(9-15(3,4)20-10)11(2)13-16-17-14(19-13)12-6-5-7-21-12/h5-7,10-11H,8-9H2,1-4H3/t10-,11-/m1/s1. The van der Waals surface area contributed by atoms with E-state index in [0.29, 0.717) is 11.8 Å². The van der Waals surface area contributed by atoms with Gasteiger partial charge in [-0.05, 0) is 39.1 Å². The van der Waals surface area contributed by atoms with Gasteiger partial charge in [-0.15, -0.1) is 21.5 Å². The van der Waals surface area contributed by atoms with Crippen LogP contribution in [0.3, 0.4) is 0 Å².